The summed E-state index contributed by atoms with van der Waals surface area (Å²) in [5, 5.41) is 8.78. The highest BCUT2D eigenvalue weighted by molar-refractivity contribution is 5.83. The average molecular weight is 335 g/mol. The summed E-state index contributed by atoms with van der Waals surface area (Å²) < 4.78 is 1.89. The second kappa shape index (κ2) is 5.74. The van der Waals surface area contributed by atoms with Crippen LogP contribution in [0.3, 0.4) is 0 Å². The van der Waals surface area contributed by atoms with Gasteiger partial charge in [-0.25, -0.2) is 0 Å². The van der Waals surface area contributed by atoms with Crippen LogP contribution in [0.4, 0.5) is 0 Å². The Balaban J connectivity index is 1.41. The summed E-state index contributed by atoms with van der Waals surface area (Å²) in [7, 11) is 0. The lowest BCUT2D eigenvalue weighted by atomic mass is 10.1. The Bertz CT molecular complexity index is 923. The van der Waals surface area contributed by atoms with Crippen molar-refractivity contribution in [1.82, 2.24) is 25.0 Å². The van der Waals surface area contributed by atoms with E-state index in [1.165, 1.54) is 10.9 Å². The molecule has 25 heavy (non-hydrogen) atoms. The van der Waals surface area contributed by atoms with Crippen LogP contribution in [0, 0.1) is 0 Å². The van der Waals surface area contributed by atoms with Crippen molar-refractivity contribution in [2.24, 2.45) is 0 Å². The van der Waals surface area contributed by atoms with Gasteiger partial charge in [-0.15, -0.1) is 0 Å². The zero-order chi connectivity index (χ0) is 16.8. The van der Waals surface area contributed by atoms with E-state index in [0.717, 1.165) is 37.1 Å². The Morgan fingerprint density at radius 1 is 1.28 bits per heavy atom. The van der Waals surface area contributed by atoms with Gasteiger partial charge in [-0.1, -0.05) is 12.1 Å². The molecule has 2 aromatic heterocycles. The van der Waals surface area contributed by atoms with Gasteiger partial charge in [0.25, 0.3) is 0 Å². The Kier molecular flexibility index (Phi) is 3.38. The molecule has 6 nitrogen and oxygen atoms in total. The van der Waals surface area contributed by atoms with E-state index in [4.69, 9.17) is 0 Å². The van der Waals surface area contributed by atoms with Gasteiger partial charge in [0, 0.05) is 49.0 Å². The fourth-order valence-corrected chi connectivity index (χ4v) is 3.73. The SMILES string of the molecule is O=C(NC1CC1)C1CN(Cc2cccc3[nH]ccc23)Cc2ccnn21. The van der Waals surface area contributed by atoms with Crippen molar-refractivity contribution in [2.75, 3.05) is 6.54 Å². The highest BCUT2D eigenvalue weighted by Gasteiger charge is 2.34. The van der Waals surface area contributed by atoms with Crippen LogP contribution in [0.5, 0.6) is 0 Å². The molecule has 0 saturated heterocycles. The first-order chi connectivity index (χ1) is 12.3. The Morgan fingerprint density at radius 3 is 3.08 bits per heavy atom. The number of fused-ring (bicyclic) bond motifs is 2. The smallest absolute Gasteiger partial charge is 0.246 e. The van der Waals surface area contributed by atoms with E-state index < -0.39 is 0 Å². The molecule has 3 aromatic rings. The molecular formula is C19H21N5O. The van der Waals surface area contributed by atoms with Crippen LogP contribution in [-0.2, 0) is 17.9 Å². The number of H-pyrrole nitrogens is 1. The van der Waals surface area contributed by atoms with Crippen LogP contribution in [0.25, 0.3) is 10.9 Å². The number of hydrogen-bond donors (Lipinski definition) is 2. The number of amides is 1. The number of aromatic amines is 1. The quantitative estimate of drug-likeness (QED) is 0.768. The molecule has 1 amide bonds. The molecule has 0 bridgehead atoms. The molecule has 2 N–H and O–H groups in total. The molecule has 1 fully saturated rings. The van der Waals surface area contributed by atoms with Gasteiger partial charge in [-0.2, -0.15) is 5.10 Å². The van der Waals surface area contributed by atoms with Gasteiger partial charge in [0.15, 0.2) is 0 Å². The molecular weight excluding hydrogens is 314 g/mol. The van der Waals surface area contributed by atoms with Crippen LogP contribution >= 0.6 is 0 Å². The molecule has 1 aliphatic carbocycles. The van der Waals surface area contributed by atoms with Crippen molar-refractivity contribution < 1.29 is 4.79 Å². The third-order valence-electron chi connectivity index (χ3n) is 5.17. The fourth-order valence-electron chi connectivity index (χ4n) is 3.73. The minimum atomic E-state index is -0.246. The van der Waals surface area contributed by atoms with Crippen LogP contribution in [-0.4, -0.2) is 38.2 Å². The van der Waals surface area contributed by atoms with Gasteiger partial charge >= 0.3 is 0 Å². The summed E-state index contributed by atoms with van der Waals surface area (Å²) in [5.41, 5.74) is 3.54. The van der Waals surface area contributed by atoms with E-state index >= 15 is 0 Å². The Morgan fingerprint density at radius 2 is 2.20 bits per heavy atom. The fraction of sp³-hybridized carbons (Fsp3) is 0.368. The van der Waals surface area contributed by atoms with E-state index in [2.05, 4.69) is 44.6 Å². The molecule has 6 heteroatoms. The summed E-state index contributed by atoms with van der Waals surface area (Å²) in [6.07, 6.45) is 5.97. The van der Waals surface area contributed by atoms with Gasteiger partial charge in [-0.05, 0) is 36.6 Å². The van der Waals surface area contributed by atoms with Gasteiger partial charge in [0.2, 0.25) is 5.91 Å². The number of hydrogen-bond acceptors (Lipinski definition) is 3. The van der Waals surface area contributed by atoms with E-state index in [9.17, 15) is 4.79 Å². The summed E-state index contributed by atoms with van der Waals surface area (Å²) in [6.45, 7) is 2.33. The first-order valence-corrected chi connectivity index (χ1v) is 8.88. The molecule has 1 aromatic carbocycles. The normalized spacial score (nSPS) is 20.6. The second-order valence-corrected chi connectivity index (χ2v) is 7.09. The summed E-state index contributed by atoms with van der Waals surface area (Å²) in [6, 6.07) is 10.6. The largest absolute Gasteiger partial charge is 0.361 e. The lowest BCUT2D eigenvalue weighted by molar-refractivity contribution is -0.126. The topological polar surface area (TPSA) is 66.0 Å². The number of benzene rings is 1. The average Bonchev–Trinajstić information content (AvgIpc) is 3.11. The van der Waals surface area contributed by atoms with Crippen LogP contribution in [0.15, 0.2) is 42.7 Å². The van der Waals surface area contributed by atoms with Crippen molar-refractivity contribution in [3.8, 4) is 0 Å². The van der Waals surface area contributed by atoms with Crippen molar-refractivity contribution in [3.63, 3.8) is 0 Å². The predicted molar refractivity (Wildman–Crippen MR) is 94.8 cm³/mol. The maximum absolute atomic E-state index is 12.7. The summed E-state index contributed by atoms with van der Waals surface area (Å²) in [5.74, 6) is 0.0944. The number of carbonyl (C=O) groups is 1. The molecule has 0 spiro atoms. The molecule has 1 aliphatic heterocycles. The highest BCUT2D eigenvalue weighted by Crippen LogP contribution is 2.26. The zero-order valence-electron chi connectivity index (χ0n) is 14.0. The Hall–Kier alpha value is -2.60. The molecule has 5 rings (SSSR count). The number of nitrogens with zero attached hydrogens (tertiary/aromatic N) is 3. The number of nitrogens with one attached hydrogen (secondary N) is 2. The van der Waals surface area contributed by atoms with Crippen molar-refractivity contribution >= 4 is 16.8 Å². The van der Waals surface area contributed by atoms with E-state index in [1.54, 1.807) is 6.20 Å². The third-order valence-corrected chi connectivity index (χ3v) is 5.17. The van der Waals surface area contributed by atoms with Gasteiger partial charge < -0.3 is 10.3 Å². The molecule has 3 heterocycles. The highest BCUT2D eigenvalue weighted by atomic mass is 16.2. The maximum Gasteiger partial charge on any atom is 0.246 e. The minimum absolute atomic E-state index is 0.0944. The van der Waals surface area contributed by atoms with Gasteiger partial charge in [0.05, 0.1) is 5.69 Å². The van der Waals surface area contributed by atoms with E-state index in [-0.39, 0.29) is 11.9 Å². The molecule has 1 atom stereocenters. The lowest BCUT2D eigenvalue weighted by Gasteiger charge is -2.33. The minimum Gasteiger partial charge on any atom is -0.361 e. The van der Waals surface area contributed by atoms with Gasteiger partial charge in [-0.3, -0.25) is 14.4 Å². The standard InChI is InChI=1S/C19H21N5O/c25-19(22-14-4-5-14)18-12-23(11-15-6-9-21-24(15)18)10-13-2-1-3-17-16(13)7-8-20-17/h1-3,6-9,14,18,20H,4-5,10-12H2,(H,22,25). The predicted octanol–water partition coefficient (Wildman–Crippen LogP) is 2.20. The Labute approximate surface area is 145 Å². The monoisotopic (exact) mass is 335 g/mol. The maximum atomic E-state index is 12.7. The van der Waals surface area contributed by atoms with E-state index in [1.807, 2.05) is 16.9 Å². The molecule has 1 saturated carbocycles. The number of aromatic nitrogens is 3. The molecule has 128 valence electrons. The van der Waals surface area contributed by atoms with Crippen LogP contribution in [0.2, 0.25) is 0 Å². The van der Waals surface area contributed by atoms with Crippen LogP contribution < -0.4 is 5.32 Å². The number of carbonyl (C=O) groups excluding carboxylic acids is 1. The summed E-state index contributed by atoms with van der Waals surface area (Å²) >= 11 is 0. The molecule has 2 aliphatic rings. The second-order valence-electron chi connectivity index (χ2n) is 7.09. The lowest BCUT2D eigenvalue weighted by Crippen LogP contribution is -2.45. The van der Waals surface area contributed by atoms with Crippen molar-refractivity contribution in [2.45, 2.75) is 38.0 Å². The summed E-state index contributed by atoms with van der Waals surface area (Å²) in [4.78, 5) is 18.3. The van der Waals surface area contributed by atoms with Crippen molar-refractivity contribution in [1.29, 1.82) is 0 Å². The molecule has 0 radical (unpaired) electrons. The first kappa shape index (κ1) is 14.7. The van der Waals surface area contributed by atoms with Crippen LogP contribution in [0.1, 0.15) is 30.1 Å². The molecule has 1 unspecified atom stereocenters. The third kappa shape index (κ3) is 2.72. The van der Waals surface area contributed by atoms with E-state index in [0.29, 0.717) is 12.6 Å². The zero-order valence-corrected chi connectivity index (χ0v) is 14.0. The van der Waals surface area contributed by atoms with Gasteiger partial charge in [0.1, 0.15) is 6.04 Å². The number of rotatable bonds is 4. The van der Waals surface area contributed by atoms with Crippen molar-refractivity contribution in [3.05, 3.63) is 54.0 Å². The first-order valence-electron chi connectivity index (χ1n) is 8.88.